The number of nitrogens with two attached hydrogens (primary N) is 1. The zero-order valence-corrected chi connectivity index (χ0v) is 12.6. The molecule has 0 aromatic heterocycles. The predicted octanol–water partition coefficient (Wildman–Crippen LogP) is 3.45. The Kier molecular flexibility index (Phi) is 5.32. The van der Waals surface area contributed by atoms with E-state index in [1.807, 2.05) is 24.3 Å². The first-order chi connectivity index (χ1) is 9.78. The van der Waals surface area contributed by atoms with Crippen LogP contribution in [0.1, 0.15) is 11.1 Å². The molecule has 0 unspecified atom stereocenters. The van der Waals surface area contributed by atoms with Gasteiger partial charge in [0.1, 0.15) is 11.5 Å². The molecule has 2 aromatic carbocycles. The van der Waals surface area contributed by atoms with E-state index >= 15 is 0 Å². The van der Waals surface area contributed by atoms with Gasteiger partial charge < -0.3 is 15.2 Å². The second-order valence-electron chi connectivity index (χ2n) is 4.29. The van der Waals surface area contributed by atoms with Crippen LogP contribution in [0.5, 0.6) is 11.5 Å². The number of rotatable bonds is 6. The fraction of sp³-hybridized carbons (Fsp3) is 0.250. The van der Waals surface area contributed by atoms with Crippen LogP contribution >= 0.6 is 11.8 Å². The summed E-state index contributed by atoms with van der Waals surface area (Å²) in [5.74, 6) is 2.63. The molecule has 0 aliphatic rings. The fourth-order valence-electron chi connectivity index (χ4n) is 1.98. The minimum absolute atomic E-state index is 0.482. The number of thioether (sulfide) groups is 1. The summed E-state index contributed by atoms with van der Waals surface area (Å²) < 4.78 is 10.6. The van der Waals surface area contributed by atoms with Gasteiger partial charge in [0.15, 0.2) is 0 Å². The van der Waals surface area contributed by atoms with Crippen LogP contribution in [-0.4, -0.2) is 14.2 Å². The summed E-state index contributed by atoms with van der Waals surface area (Å²) in [6, 6.07) is 14.2. The van der Waals surface area contributed by atoms with Crippen LogP contribution in [0.2, 0.25) is 0 Å². The number of benzene rings is 2. The minimum atomic E-state index is 0.482. The molecule has 0 saturated carbocycles. The zero-order valence-electron chi connectivity index (χ0n) is 11.8. The highest BCUT2D eigenvalue weighted by atomic mass is 32.2. The van der Waals surface area contributed by atoms with Gasteiger partial charge in [0.2, 0.25) is 0 Å². The number of hydrogen-bond acceptors (Lipinski definition) is 4. The zero-order chi connectivity index (χ0) is 14.4. The summed E-state index contributed by atoms with van der Waals surface area (Å²) in [5, 5.41) is 0. The van der Waals surface area contributed by atoms with E-state index in [2.05, 4.69) is 18.2 Å². The van der Waals surface area contributed by atoms with E-state index in [1.165, 1.54) is 5.56 Å². The lowest BCUT2D eigenvalue weighted by Gasteiger charge is -2.10. The van der Waals surface area contributed by atoms with Crippen LogP contribution in [0.3, 0.4) is 0 Å². The maximum Gasteiger partial charge on any atom is 0.132 e. The first-order valence-corrected chi connectivity index (χ1v) is 7.38. The molecule has 0 spiro atoms. The van der Waals surface area contributed by atoms with Gasteiger partial charge in [-0.25, -0.2) is 0 Å². The summed E-state index contributed by atoms with van der Waals surface area (Å²) in [4.78, 5) is 1.14. The minimum Gasteiger partial charge on any atom is -0.496 e. The van der Waals surface area contributed by atoms with E-state index in [-0.39, 0.29) is 0 Å². The van der Waals surface area contributed by atoms with Crippen LogP contribution in [0.15, 0.2) is 47.4 Å². The van der Waals surface area contributed by atoms with Gasteiger partial charge in [0.05, 0.1) is 14.2 Å². The maximum absolute atomic E-state index is 5.74. The SMILES string of the molecule is COc1ccc(CSc2ccccc2OC)cc1CN. The molecular weight excluding hydrogens is 270 g/mol. The largest absolute Gasteiger partial charge is 0.496 e. The highest BCUT2D eigenvalue weighted by Gasteiger charge is 2.06. The second-order valence-corrected chi connectivity index (χ2v) is 5.31. The third-order valence-electron chi connectivity index (χ3n) is 3.03. The van der Waals surface area contributed by atoms with Crippen molar-refractivity contribution in [2.75, 3.05) is 14.2 Å². The van der Waals surface area contributed by atoms with Crippen LogP contribution in [0.4, 0.5) is 0 Å². The van der Waals surface area contributed by atoms with Gasteiger partial charge in [-0.2, -0.15) is 0 Å². The van der Waals surface area contributed by atoms with Gasteiger partial charge in [-0.3, -0.25) is 0 Å². The van der Waals surface area contributed by atoms with E-state index in [9.17, 15) is 0 Å². The van der Waals surface area contributed by atoms with Gasteiger partial charge in [0, 0.05) is 22.8 Å². The summed E-state index contributed by atoms with van der Waals surface area (Å²) in [6.45, 7) is 0.482. The molecule has 4 heteroatoms. The highest BCUT2D eigenvalue weighted by molar-refractivity contribution is 7.98. The Bertz CT molecular complexity index is 572. The molecule has 0 heterocycles. The van der Waals surface area contributed by atoms with Crippen molar-refractivity contribution in [1.82, 2.24) is 0 Å². The third kappa shape index (κ3) is 3.46. The lowest BCUT2D eigenvalue weighted by molar-refractivity contribution is 0.405. The summed E-state index contributed by atoms with van der Waals surface area (Å²) in [7, 11) is 3.36. The Labute approximate surface area is 124 Å². The van der Waals surface area contributed by atoms with Crippen molar-refractivity contribution in [3.63, 3.8) is 0 Å². The molecule has 2 N–H and O–H groups in total. The lowest BCUT2D eigenvalue weighted by Crippen LogP contribution is -2.00. The smallest absolute Gasteiger partial charge is 0.132 e. The van der Waals surface area contributed by atoms with Crippen LogP contribution < -0.4 is 15.2 Å². The molecule has 0 atom stereocenters. The van der Waals surface area contributed by atoms with E-state index < -0.39 is 0 Å². The van der Waals surface area contributed by atoms with E-state index in [1.54, 1.807) is 26.0 Å². The van der Waals surface area contributed by atoms with Gasteiger partial charge in [-0.15, -0.1) is 11.8 Å². The molecule has 0 radical (unpaired) electrons. The molecule has 2 aromatic rings. The van der Waals surface area contributed by atoms with E-state index in [0.717, 1.165) is 27.7 Å². The molecule has 0 bridgehead atoms. The van der Waals surface area contributed by atoms with Gasteiger partial charge >= 0.3 is 0 Å². The predicted molar refractivity (Wildman–Crippen MR) is 83.4 cm³/mol. The van der Waals surface area contributed by atoms with E-state index in [4.69, 9.17) is 15.2 Å². The lowest BCUT2D eigenvalue weighted by atomic mass is 10.1. The number of para-hydroxylation sites is 1. The first-order valence-electron chi connectivity index (χ1n) is 6.40. The quantitative estimate of drug-likeness (QED) is 0.827. The fourth-order valence-corrected chi connectivity index (χ4v) is 2.95. The summed E-state index contributed by atoms with van der Waals surface area (Å²) in [5.41, 5.74) is 8.00. The van der Waals surface area contributed by atoms with Crippen molar-refractivity contribution in [3.05, 3.63) is 53.6 Å². The Hall–Kier alpha value is -1.65. The average molecular weight is 289 g/mol. The molecule has 0 amide bonds. The molecule has 20 heavy (non-hydrogen) atoms. The Morgan fingerprint density at radius 2 is 1.75 bits per heavy atom. The normalized spacial score (nSPS) is 10.3. The summed E-state index contributed by atoms with van der Waals surface area (Å²) in [6.07, 6.45) is 0. The monoisotopic (exact) mass is 289 g/mol. The highest BCUT2D eigenvalue weighted by Crippen LogP contribution is 2.32. The Morgan fingerprint density at radius 3 is 2.45 bits per heavy atom. The standard InChI is InChI=1S/C16H19NO2S/c1-18-14-8-7-12(9-13(14)10-17)11-20-16-6-4-3-5-15(16)19-2/h3-9H,10-11,17H2,1-2H3. The van der Waals surface area contributed by atoms with Gasteiger partial charge in [-0.05, 0) is 29.8 Å². The third-order valence-corrected chi connectivity index (χ3v) is 4.15. The molecule has 0 saturated heterocycles. The summed E-state index contributed by atoms with van der Waals surface area (Å²) >= 11 is 1.75. The molecule has 0 aliphatic heterocycles. The Balaban J connectivity index is 2.11. The van der Waals surface area contributed by atoms with Crippen molar-refractivity contribution in [2.24, 2.45) is 5.73 Å². The number of methoxy groups -OCH3 is 2. The van der Waals surface area contributed by atoms with Crippen molar-refractivity contribution >= 4 is 11.8 Å². The molecular formula is C16H19NO2S. The first kappa shape index (κ1) is 14.8. The van der Waals surface area contributed by atoms with Crippen molar-refractivity contribution in [1.29, 1.82) is 0 Å². The van der Waals surface area contributed by atoms with Crippen LogP contribution in [0.25, 0.3) is 0 Å². The topological polar surface area (TPSA) is 44.5 Å². The van der Waals surface area contributed by atoms with E-state index in [0.29, 0.717) is 6.54 Å². The number of ether oxygens (including phenoxy) is 2. The van der Waals surface area contributed by atoms with Gasteiger partial charge in [0.25, 0.3) is 0 Å². The van der Waals surface area contributed by atoms with Crippen molar-refractivity contribution in [3.8, 4) is 11.5 Å². The molecule has 2 rings (SSSR count). The Morgan fingerprint density at radius 1 is 1.00 bits per heavy atom. The molecule has 0 fully saturated rings. The second kappa shape index (κ2) is 7.22. The average Bonchev–Trinajstić information content (AvgIpc) is 2.52. The maximum atomic E-state index is 5.74. The van der Waals surface area contributed by atoms with Gasteiger partial charge in [-0.1, -0.05) is 18.2 Å². The van der Waals surface area contributed by atoms with Crippen molar-refractivity contribution in [2.45, 2.75) is 17.2 Å². The number of hydrogen-bond donors (Lipinski definition) is 1. The van der Waals surface area contributed by atoms with Crippen molar-refractivity contribution < 1.29 is 9.47 Å². The molecule has 106 valence electrons. The molecule has 0 aliphatic carbocycles. The van der Waals surface area contributed by atoms with Crippen LogP contribution in [-0.2, 0) is 12.3 Å². The molecule has 3 nitrogen and oxygen atoms in total. The van der Waals surface area contributed by atoms with Crippen LogP contribution in [0, 0.1) is 0 Å².